The summed E-state index contributed by atoms with van der Waals surface area (Å²) < 4.78 is 0. The van der Waals surface area contributed by atoms with Gasteiger partial charge >= 0.3 is 0 Å². The summed E-state index contributed by atoms with van der Waals surface area (Å²) in [5.74, 6) is -0.213. The van der Waals surface area contributed by atoms with Crippen molar-refractivity contribution in [1.82, 2.24) is 10.3 Å². The van der Waals surface area contributed by atoms with Gasteiger partial charge in [-0.3, -0.25) is 9.59 Å². The molecular weight excluding hydrogens is 448 g/mol. The Morgan fingerprint density at radius 3 is 2.58 bits per heavy atom. The Balaban J connectivity index is 1.28. The summed E-state index contributed by atoms with van der Waals surface area (Å²) in [5, 5.41) is 7.28. The van der Waals surface area contributed by atoms with E-state index in [0.29, 0.717) is 25.8 Å². The van der Waals surface area contributed by atoms with E-state index in [1.807, 2.05) is 56.7 Å². The lowest BCUT2D eigenvalue weighted by Crippen LogP contribution is -2.33. The monoisotopic (exact) mass is 480 g/mol. The molecule has 0 radical (unpaired) electrons. The van der Waals surface area contributed by atoms with E-state index in [-0.39, 0.29) is 23.7 Å². The Bertz CT molecular complexity index is 1370. The second-order valence-electron chi connectivity index (χ2n) is 9.72. The fraction of sp³-hybridized carbons (Fsp3) is 0.267. The van der Waals surface area contributed by atoms with E-state index in [1.165, 1.54) is 0 Å². The number of nitrogens with one attached hydrogen (secondary N) is 3. The molecule has 2 heterocycles. The van der Waals surface area contributed by atoms with Crippen LogP contribution in [0.25, 0.3) is 10.9 Å². The smallest absolute Gasteiger partial charge is 0.227 e. The number of hydrogen-bond donors (Lipinski definition) is 3. The number of benzene rings is 3. The van der Waals surface area contributed by atoms with Gasteiger partial charge in [0.1, 0.15) is 0 Å². The summed E-state index contributed by atoms with van der Waals surface area (Å²) in [6.45, 7) is 0.488. The SMILES string of the molecule is CN(C)c1ccc(C(CNC(=O)CCC2Cc3ccccc3NC2=O)c2c[nH]c3ccccc23)cc1. The van der Waals surface area contributed by atoms with Crippen molar-refractivity contribution >= 4 is 34.1 Å². The minimum absolute atomic E-state index is 0.000786. The molecule has 6 nitrogen and oxygen atoms in total. The highest BCUT2D eigenvalue weighted by atomic mass is 16.2. The minimum atomic E-state index is -0.186. The first-order chi connectivity index (χ1) is 17.5. The molecule has 3 aromatic carbocycles. The van der Waals surface area contributed by atoms with Crippen molar-refractivity contribution in [2.45, 2.75) is 25.2 Å². The predicted molar refractivity (Wildman–Crippen MR) is 145 cm³/mol. The maximum Gasteiger partial charge on any atom is 0.227 e. The Labute approximate surface area is 211 Å². The third-order valence-electron chi connectivity index (χ3n) is 7.14. The van der Waals surface area contributed by atoms with Crippen molar-refractivity contribution in [2.75, 3.05) is 30.9 Å². The van der Waals surface area contributed by atoms with Crippen molar-refractivity contribution in [3.63, 3.8) is 0 Å². The first kappa shape index (κ1) is 23.7. The summed E-state index contributed by atoms with van der Waals surface area (Å²) in [4.78, 5) is 30.9. The standard InChI is InChI=1S/C30H32N4O2/c1-34(2)23-14-11-20(12-15-23)25(26-19-31-28-10-6-4-8-24(26)28)18-32-29(35)16-13-22-17-21-7-3-5-9-27(21)33-30(22)36/h3-12,14-15,19,22,25,31H,13,16-18H2,1-2H3,(H,32,35)(H,33,36). The molecule has 2 amide bonds. The van der Waals surface area contributed by atoms with E-state index >= 15 is 0 Å². The molecule has 0 aliphatic carbocycles. The minimum Gasteiger partial charge on any atom is -0.378 e. The molecule has 1 aliphatic heterocycles. The number of aromatic nitrogens is 1. The van der Waals surface area contributed by atoms with Crippen LogP contribution in [0.5, 0.6) is 0 Å². The second kappa shape index (κ2) is 10.3. The quantitative estimate of drug-likeness (QED) is 0.329. The van der Waals surface area contributed by atoms with Crippen LogP contribution in [0.3, 0.4) is 0 Å². The van der Waals surface area contributed by atoms with Crippen LogP contribution >= 0.6 is 0 Å². The zero-order valence-electron chi connectivity index (χ0n) is 20.8. The number of nitrogens with zero attached hydrogens (tertiary/aromatic N) is 1. The van der Waals surface area contributed by atoms with Crippen LogP contribution in [0, 0.1) is 5.92 Å². The molecule has 6 heteroatoms. The van der Waals surface area contributed by atoms with Crippen LogP contribution in [0.2, 0.25) is 0 Å². The number of amides is 2. The number of fused-ring (bicyclic) bond motifs is 2. The molecule has 5 rings (SSSR count). The predicted octanol–water partition coefficient (Wildman–Crippen LogP) is 5.07. The maximum atomic E-state index is 12.9. The lowest BCUT2D eigenvalue weighted by Gasteiger charge is -2.24. The molecule has 0 spiro atoms. The third-order valence-corrected chi connectivity index (χ3v) is 7.14. The average molecular weight is 481 g/mol. The number of hydrogen-bond acceptors (Lipinski definition) is 3. The lowest BCUT2D eigenvalue weighted by molar-refractivity contribution is -0.122. The van der Waals surface area contributed by atoms with Gasteiger partial charge in [-0.05, 0) is 53.8 Å². The number of aromatic amines is 1. The molecule has 184 valence electrons. The molecule has 1 aromatic heterocycles. The summed E-state index contributed by atoms with van der Waals surface area (Å²) in [7, 11) is 4.05. The fourth-order valence-corrected chi connectivity index (χ4v) is 5.05. The first-order valence-electron chi connectivity index (χ1n) is 12.5. The second-order valence-corrected chi connectivity index (χ2v) is 9.72. The maximum absolute atomic E-state index is 12.9. The van der Waals surface area contributed by atoms with Crippen LogP contribution in [0.4, 0.5) is 11.4 Å². The summed E-state index contributed by atoms with van der Waals surface area (Å²) in [5.41, 5.74) is 6.53. The van der Waals surface area contributed by atoms with Gasteiger partial charge in [0.25, 0.3) is 0 Å². The molecule has 0 saturated heterocycles. The fourth-order valence-electron chi connectivity index (χ4n) is 5.05. The Kier molecular flexibility index (Phi) is 6.76. The number of para-hydroxylation sites is 2. The zero-order valence-corrected chi connectivity index (χ0v) is 20.8. The van der Waals surface area contributed by atoms with Gasteiger partial charge in [-0.15, -0.1) is 0 Å². The molecule has 3 N–H and O–H groups in total. The number of anilines is 2. The summed E-state index contributed by atoms with van der Waals surface area (Å²) in [6.07, 6.45) is 3.57. The van der Waals surface area contributed by atoms with Crippen molar-refractivity contribution in [3.05, 3.63) is 95.7 Å². The highest BCUT2D eigenvalue weighted by Crippen LogP contribution is 2.32. The molecule has 4 aromatic rings. The first-order valence-corrected chi connectivity index (χ1v) is 12.5. The number of H-pyrrole nitrogens is 1. The summed E-state index contributed by atoms with van der Waals surface area (Å²) >= 11 is 0. The van der Waals surface area contributed by atoms with E-state index in [1.54, 1.807) is 0 Å². The topological polar surface area (TPSA) is 77.2 Å². The lowest BCUT2D eigenvalue weighted by atomic mass is 9.89. The zero-order chi connectivity index (χ0) is 25.1. The van der Waals surface area contributed by atoms with E-state index in [9.17, 15) is 9.59 Å². The molecule has 1 aliphatic rings. The van der Waals surface area contributed by atoms with Crippen molar-refractivity contribution in [3.8, 4) is 0 Å². The van der Waals surface area contributed by atoms with Gasteiger partial charge < -0.3 is 20.5 Å². The molecule has 0 fully saturated rings. The van der Waals surface area contributed by atoms with E-state index in [4.69, 9.17) is 0 Å². The van der Waals surface area contributed by atoms with Crippen LogP contribution in [0.15, 0.2) is 79.0 Å². The Morgan fingerprint density at radius 2 is 1.78 bits per heavy atom. The molecular formula is C30H32N4O2. The molecule has 0 bridgehead atoms. The molecule has 2 atom stereocenters. The van der Waals surface area contributed by atoms with Gasteiger partial charge in [-0.25, -0.2) is 0 Å². The molecule has 36 heavy (non-hydrogen) atoms. The van der Waals surface area contributed by atoms with E-state index < -0.39 is 0 Å². The molecule has 0 saturated carbocycles. The van der Waals surface area contributed by atoms with E-state index in [0.717, 1.165) is 39.0 Å². The van der Waals surface area contributed by atoms with Crippen molar-refractivity contribution < 1.29 is 9.59 Å². The van der Waals surface area contributed by atoms with E-state index in [2.05, 4.69) is 56.9 Å². The van der Waals surface area contributed by atoms with Crippen LogP contribution in [0.1, 0.15) is 35.4 Å². The van der Waals surface area contributed by atoms with Gasteiger partial charge in [0.05, 0.1) is 0 Å². The van der Waals surface area contributed by atoms with Crippen molar-refractivity contribution in [1.29, 1.82) is 0 Å². The van der Waals surface area contributed by atoms with Crippen LogP contribution < -0.4 is 15.5 Å². The third kappa shape index (κ3) is 4.98. The normalized spacial score (nSPS) is 15.7. The van der Waals surface area contributed by atoms with Gasteiger partial charge in [0, 0.05) is 67.4 Å². The van der Waals surface area contributed by atoms with Gasteiger partial charge in [0.15, 0.2) is 0 Å². The summed E-state index contributed by atoms with van der Waals surface area (Å²) in [6, 6.07) is 24.6. The molecule has 2 unspecified atom stereocenters. The average Bonchev–Trinajstić information content (AvgIpc) is 3.32. The van der Waals surface area contributed by atoms with Gasteiger partial charge in [-0.2, -0.15) is 0 Å². The highest BCUT2D eigenvalue weighted by Gasteiger charge is 2.26. The van der Waals surface area contributed by atoms with Gasteiger partial charge in [0.2, 0.25) is 11.8 Å². The highest BCUT2D eigenvalue weighted by molar-refractivity contribution is 5.96. The van der Waals surface area contributed by atoms with Gasteiger partial charge in [-0.1, -0.05) is 48.5 Å². The largest absolute Gasteiger partial charge is 0.378 e. The Hall–Kier alpha value is -4.06. The Morgan fingerprint density at radius 1 is 1.03 bits per heavy atom. The van der Waals surface area contributed by atoms with Crippen molar-refractivity contribution in [2.24, 2.45) is 5.92 Å². The number of rotatable bonds is 8. The van der Waals surface area contributed by atoms with Crippen LogP contribution in [-0.2, 0) is 16.0 Å². The number of carbonyl (C=O) groups is 2. The number of carbonyl (C=O) groups excluding carboxylic acids is 2. The van der Waals surface area contributed by atoms with Crippen LogP contribution in [-0.4, -0.2) is 37.4 Å².